The molecule has 0 saturated heterocycles. The van der Waals surface area contributed by atoms with E-state index in [-0.39, 0.29) is 12.3 Å². The standard InChI is InChI=1S/C18H14Cl2N2OS/c1-11-4-2-5-12(8-11)18-21-13(10-24-18)9-16(23)22-15-7-3-6-14(19)17(15)20/h2-8,10H,9H2,1H3,(H,22,23). The Balaban J connectivity index is 1.70. The summed E-state index contributed by atoms with van der Waals surface area (Å²) < 4.78 is 0. The van der Waals surface area contributed by atoms with Gasteiger partial charge in [-0.1, -0.05) is 53.0 Å². The molecule has 0 saturated carbocycles. The number of nitrogens with zero attached hydrogens (tertiary/aromatic N) is 1. The number of rotatable bonds is 4. The fourth-order valence-electron chi connectivity index (χ4n) is 2.26. The van der Waals surface area contributed by atoms with Gasteiger partial charge in [0, 0.05) is 10.9 Å². The fraction of sp³-hybridized carbons (Fsp3) is 0.111. The number of nitrogens with one attached hydrogen (secondary N) is 1. The van der Waals surface area contributed by atoms with Crippen LogP contribution in [-0.2, 0) is 11.2 Å². The Kier molecular flexibility index (Phi) is 5.19. The Morgan fingerprint density at radius 2 is 2.00 bits per heavy atom. The minimum absolute atomic E-state index is 0.180. The lowest BCUT2D eigenvalue weighted by Gasteiger charge is -2.07. The molecule has 122 valence electrons. The molecular formula is C18H14Cl2N2OS. The van der Waals surface area contributed by atoms with Crippen molar-refractivity contribution in [1.29, 1.82) is 0 Å². The predicted octanol–water partition coefficient (Wildman–Crippen LogP) is 5.61. The lowest BCUT2D eigenvalue weighted by molar-refractivity contribution is -0.115. The molecule has 2 aromatic carbocycles. The number of anilines is 1. The van der Waals surface area contributed by atoms with Crippen molar-refractivity contribution >= 4 is 46.1 Å². The van der Waals surface area contributed by atoms with Crippen molar-refractivity contribution in [2.75, 3.05) is 5.32 Å². The topological polar surface area (TPSA) is 42.0 Å². The van der Waals surface area contributed by atoms with E-state index >= 15 is 0 Å². The highest BCUT2D eigenvalue weighted by molar-refractivity contribution is 7.13. The van der Waals surface area contributed by atoms with E-state index in [9.17, 15) is 4.79 Å². The fourth-order valence-corrected chi connectivity index (χ4v) is 3.42. The second-order valence-electron chi connectivity index (χ2n) is 5.34. The van der Waals surface area contributed by atoms with Crippen molar-refractivity contribution in [2.24, 2.45) is 0 Å². The molecular weight excluding hydrogens is 363 g/mol. The average Bonchev–Trinajstić information content (AvgIpc) is 3.00. The summed E-state index contributed by atoms with van der Waals surface area (Å²) in [6.45, 7) is 2.04. The van der Waals surface area contributed by atoms with Gasteiger partial charge in [-0.3, -0.25) is 4.79 Å². The van der Waals surface area contributed by atoms with E-state index in [1.807, 2.05) is 30.5 Å². The molecule has 1 aromatic heterocycles. The van der Waals surface area contributed by atoms with Gasteiger partial charge in [-0.15, -0.1) is 11.3 Å². The number of halogens is 2. The monoisotopic (exact) mass is 376 g/mol. The van der Waals surface area contributed by atoms with Gasteiger partial charge >= 0.3 is 0 Å². The third-order valence-electron chi connectivity index (χ3n) is 3.38. The molecule has 1 heterocycles. The van der Waals surface area contributed by atoms with Gasteiger partial charge in [-0.05, 0) is 25.1 Å². The molecule has 0 aliphatic heterocycles. The molecule has 0 radical (unpaired) electrons. The number of thiazole rings is 1. The summed E-state index contributed by atoms with van der Waals surface area (Å²) in [4.78, 5) is 16.7. The molecule has 1 amide bonds. The third kappa shape index (κ3) is 3.96. The number of benzene rings is 2. The van der Waals surface area contributed by atoms with Crippen LogP contribution in [0.4, 0.5) is 5.69 Å². The van der Waals surface area contributed by atoms with Gasteiger partial charge in [0.05, 0.1) is 27.8 Å². The smallest absolute Gasteiger partial charge is 0.230 e. The van der Waals surface area contributed by atoms with Crippen molar-refractivity contribution in [3.05, 3.63) is 69.1 Å². The van der Waals surface area contributed by atoms with Gasteiger partial charge in [0.25, 0.3) is 0 Å². The van der Waals surface area contributed by atoms with Crippen LogP contribution in [0.5, 0.6) is 0 Å². The zero-order valence-corrected chi connectivity index (χ0v) is 15.2. The predicted molar refractivity (Wildman–Crippen MR) is 101 cm³/mol. The zero-order chi connectivity index (χ0) is 17.1. The van der Waals surface area contributed by atoms with Crippen LogP contribution in [-0.4, -0.2) is 10.9 Å². The number of aromatic nitrogens is 1. The Bertz CT molecular complexity index is 892. The Labute approximate surface area is 154 Å². The molecule has 3 rings (SSSR count). The van der Waals surface area contributed by atoms with E-state index < -0.39 is 0 Å². The number of amides is 1. The first kappa shape index (κ1) is 17.0. The van der Waals surface area contributed by atoms with E-state index in [2.05, 4.69) is 16.4 Å². The molecule has 0 aliphatic rings. The molecule has 0 aliphatic carbocycles. The van der Waals surface area contributed by atoms with Gasteiger partial charge in [0.15, 0.2) is 0 Å². The summed E-state index contributed by atoms with van der Waals surface area (Å²) in [5.41, 5.74) is 3.47. The summed E-state index contributed by atoms with van der Waals surface area (Å²) >= 11 is 13.6. The summed E-state index contributed by atoms with van der Waals surface area (Å²) in [5.74, 6) is -0.180. The van der Waals surface area contributed by atoms with E-state index in [1.54, 1.807) is 18.2 Å². The molecule has 0 atom stereocenters. The first-order valence-corrected chi connectivity index (χ1v) is 8.92. The lowest BCUT2D eigenvalue weighted by Crippen LogP contribution is -2.14. The molecule has 3 nitrogen and oxygen atoms in total. The number of aryl methyl sites for hydroxylation is 1. The highest BCUT2D eigenvalue weighted by Crippen LogP contribution is 2.30. The van der Waals surface area contributed by atoms with E-state index in [1.165, 1.54) is 16.9 Å². The van der Waals surface area contributed by atoms with Gasteiger partial charge in [-0.2, -0.15) is 0 Å². The van der Waals surface area contributed by atoms with Gasteiger partial charge in [0.1, 0.15) is 5.01 Å². The van der Waals surface area contributed by atoms with E-state index in [4.69, 9.17) is 23.2 Å². The third-order valence-corrected chi connectivity index (χ3v) is 5.14. The van der Waals surface area contributed by atoms with E-state index in [0.29, 0.717) is 15.7 Å². The largest absolute Gasteiger partial charge is 0.324 e. The van der Waals surface area contributed by atoms with Gasteiger partial charge in [-0.25, -0.2) is 4.98 Å². The quantitative estimate of drug-likeness (QED) is 0.642. The Hall–Kier alpha value is -1.88. The molecule has 0 spiro atoms. The van der Waals surface area contributed by atoms with Crippen LogP contribution >= 0.6 is 34.5 Å². The van der Waals surface area contributed by atoms with Crippen LogP contribution in [0.3, 0.4) is 0 Å². The molecule has 0 fully saturated rings. The molecule has 24 heavy (non-hydrogen) atoms. The van der Waals surface area contributed by atoms with Crippen molar-refractivity contribution in [2.45, 2.75) is 13.3 Å². The summed E-state index contributed by atoms with van der Waals surface area (Å²) in [7, 11) is 0. The molecule has 1 N–H and O–H groups in total. The Morgan fingerprint density at radius 3 is 2.79 bits per heavy atom. The summed E-state index contributed by atoms with van der Waals surface area (Å²) in [5, 5.41) is 6.32. The minimum Gasteiger partial charge on any atom is -0.324 e. The molecule has 0 bridgehead atoms. The highest BCUT2D eigenvalue weighted by atomic mass is 35.5. The number of hydrogen-bond acceptors (Lipinski definition) is 3. The molecule has 0 unspecified atom stereocenters. The van der Waals surface area contributed by atoms with Crippen LogP contribution in [0.25, 0.3) is 10.6 Å². The number of carbonyl (C=O) groups excluding carboxylic acids is 1. The average molecular weight is 377 g/mol. The van der Waals surface area contributed by atoms with Gasteiger partial charge in [0.2, 0.25) is 5.91 Å². The maximum Gasteiger partial charge on any atom is 0.230 e. The van der Waals surface area contributed by atoms with Crippen LogP contribution in [0.2, 0.25) is 10.0 Å². The normalized spacial score (nSPS) is 10.6. The SMILES string of the molecule is Cc1cccc(-c2nc(CC(=O)Nc3cccc(Cl)c3Cl)cs2)c1. The summed E-state index contributed by atoms with van der Waals surface area (Å²) in [6.07, 6.45) is 0.186. The summed E-state index contributed by atoms with van der Waals surface area (Å²) in [6, 6.07) is 13.3. The Morgan fingerprint density at radius 1 is 1.21 bits per heavy atom. The van der Waals surface area contributed by atoms with Crippen LogP contribution < -0.4 is 5.32 Å². The molecule has 6 heteroatoms. The lowest BCUT2D eigenvalue weighted by atomic mass is 10.1. The number of hydrogen-bond donors (Lipinski definition) is 1. The van der Waals surface area contributed by atoms with Crippen LogP contribution in [0.1, 0.15) is 11.3 Å². The second kappa shape index (κ2) is 7.34. The zero-order valence-electron chi connectivity index (χ0n) is 12.8. The van der Waals surface area contributed by atoms with Crippen molar-refractivity contribution in [3.8, 4) is 10.6 Å². The maximum absolute atomic E-state index is 12.2. The number of carbonyl (C=O) groups is 1. The van der Waals surface area contributed by atoms with Crippen LogP contribution in [0, 0.1) is 6.92 Å². The first-order chi connectivity index (χ1) is 11.5. The highest BCUT2D eigenvalue weighted by Gasteiger charge is 2.12. The van der Waals surface area contributed by atoms with Crippen LogP contribution in [0.15, 0.2) is 47.8 Å². The molecule has 3 aromatic rings. The maximum atomic E-state index is 12.2. The van der Waals surface area contributed by atoms with Crippen molar-refractivity contribution < 1.29 is 4.79 Å². The van der Waals surface area contributed by atoms with E-state index in [0.717, 1.165) is 16.3 Å². The minimum atomic E-state index is -0.180. The first-order valence-electron chi connectivity index (χ1n) is 7.28. The van der Waals surface area contributed by atoms with Crippen molar-refractivity contribution in [3.63, 3.8) is 0 Å². The van der Waals surface area contributed by atoms with Crippen molar-refractivity contribution in [1.82, 2.24) is 4.98 Å². The van der Waals surface area contributed by atoms with Gasteiger partial charge < -0.3 is 5.32 Å². The second-order valence-corrected chi connectivity index (χ2v) is 6.98.